The van der Waals surface area contributed by atoms with Crippen LogP contribution >= 0.6 is 11.8 Å². The monoisotopic (exact) mass is 384 g/mol. The average Bonchev–Trinajstić information content (AvgIpc) is 3.33. The van der Waals surface area contributed by atoms with Crippen LogP contribution in [0.25, 0.3) is 0 Å². The fraction of sp³-hybridized carbons (Fsp3) is 0.211. The van der Waals surface area contributed by atoms with Crippen molar-refractivity contribution >= 4 is 23.6 Å². The van der Waals surface area contributed by atoms with Crippen LogP contribution in [0.5, 0.6) is 0 Å². The third-order valence-corrected chi connectivity index (χ3v) is 5.00. The first-order valence-electron chi connectivity index (χ1n) is 8.34. The predicted molar refractivity (Wildman–Crippen MR) is 102 cm³/mol. The number of aryl methyl sites for hydroxylation is 1. The maximum atomic E-state index is 12.5. The van der Waals surface area contributed by atoms with Crippen LogP contribution in [0.3, 0.4) is 0 Å². The Hall–Kier alpha value is -3.00. The molecular weight excluding hydrogens is 364 g/mol. The lowest BCUT2D eigenvalue weighted by molar-refractivity contribution is -0.122. The molecule has 0 fully saturated rings. The van der Waals surface area contributed by atoms with Crippen molar-refractivity contribution in [3.05, 3.63) is 71.9 Å². The summed E-state index contributed by atoms with van der Waals surface area (Å²) >= 11 is 1.51. The minimum atomic E-state index is -0.792. The Morgan fingerprint density at radius 3 is 2.67 bits per heavy atom. The molecule has 1 atom stereocenters. The molecule has 2 aromatic heterocycles. The molecule has 3 rings (SSSR count). The van der Waals surface area contributed by atoms with Gasteiger partial charge in [0.25, 0.3) is 5.91 Å². The van der Waals surface area contributed by atoms with Crippen LogP contribution in [0, 0.1) is 0 Å². The lowest BCUT2D eigenvalue weighted by Crippen LogP contribution is -2.38. The van der Waals surface area contributed by atoms with Crippen molar-refractivity contribution in [3.8, 4) is 0 Å². The molecule has 0 aliphatic heterocycles. The van der Waals surface area contributed by atoms with Crippen LogP contribution in [-0.4, -0.2) is 28.4 Å². The van der Waals surface area contributed by atoms with Crippen LogP contribution < -0.4 is 10.6 Å². The Bertz CT molecular complexity index is 920. The largest absolute Gasteiger partial charge is 0.455 e. The number of nitrogens with one attached hydrogen (secondary N) is 2. The van der Waals surface area contributed by atoms with Gasteiger partial charge in [-0.25, -0.2) is 4.98 Å². The summed E-state index contributed by atoms with van der Waals surface area (Å²) in [5.41, 5.74) is 0.697. The van der Waals surface area contributed by atoms with Gasteiger partial charge in [0.2, 0.25) is 5.91 Å². The van der Waals surface area contributed by atoms with Crippen molar-refractivity contribution < 1.29 is 14.0 Å². The molecule has 2 amide bonds. The van der Waals surface area contributed by atoms with Crippen molar-refractivity contribution in [2.75, 3.05) is 7.05 Å². The van der Waals surface area contributed by atoms with E-state index >= 15 is 0 Å². The van der Waals surface area contributed by atoms with Crippen molar-refractivity contribution in [2.24, 2.45) is 7.05 Å². The summed E-state index contributed by atoms with van der Waals surface area (Å²) in [5, 5.41) is 6.16. The van der Waals surface area contributed by atoms with Gasteiger partial charge >= 0.3 is 0 Å². The summed E-state index contributed by atoms with van der Waals surface area (Å²) in [6, 6.07) is 11.6. The highest BCUT2D eigenvalue weighted by molar-refractivity contribution is 7.98. The second kappa shape index (κ2) is 8.59. The minimum absolute atomic E-state index is 0.162. The molecule has 140 valence electrons. The third-order valence-electron chi connectivity index (χ3n) is 3.92. The first-order valence-corrected chi connectivity index (χ1v) is 9.33. The van der Waals surface area contributed by atoms with Crippen LogP contribution in [0.2, 0.25) is 0 Å². The molecule has 0 saturated carbocycles. The number of carbonyl (C=O) groups excluding carboxylic acids is 2. The molecule has 0 aliphatic carbocycles. The molecule has 2 heterocycles. The molecule has 0 unspecified atom stereocenters. The molecule has 0 radical (unpaired) electrons. The van der Waals surface area contributed by atoms with Crippen LogP contribution in [-0.2, 0) is 17.6 Å². The van der Waals surface area contributed by atoms with Gasteiger partial charge in [-0.1, -0.05) is 42.1 Å². The second-order valence-corrected chi connectivity index (χ2v) is 6.75. The summed E-state index contributed by atoms with van der Waals surface area (Å²) in [5.74, 6) is 0.627. The highest BCUT2D eigenvalue weighted by atomic mass is 32.2. The van der Waals surface area contributed by atoms with E-state index in [-0.39, 0.29) is 11.7 Å². The van der Waals surface area contributed by atoms with Gasteiger partial charge in [-0.15, -0.1) is 0 Å². The van der Waals surface area contributed by atoms with Gasteiger partial charge in [-0.2, -0.15) is 0 Å². The van der Waals surface area contributed by atoms with E-state index in [0.29, 0.717) is 17.1 Å². The first-order chi connectivity index (χ1) is 13.1. The number of nitrogens with zero attached hydrogens (tertiary/aromatic N) is 2. The van der Waals surface area contributed by atoms with Crippen LogP contribution in [0.4, 0.5) is 0 Å². The van der Waals surface area contributed by atoms with Crippen LogP contribution in [0.15, 0.2) is 64.4 Å². The van der Waals surface area contributed by atoms with E-state index in [4.69, 9.17) is 4.42 Å². The summed E-state index contributed by atoms with van der Waals surface area (Å²) in [6.07, 6.45) is 3.59. The van der Waals surface area contributed by atoms with Gasteiger partial charge in [-0.3, -0.25) is 9.59 Å². The van der Waals surface area contributed by atoms with Gasteiger partial charge in [0.15, 0.2) is 10.9 Å². The zero-order valence-electron chi connectivity index (χ0n) is 15.0. The Labute approximate surface area is 161 Å². The van der Waals surface area contributed by atoms with Crippen molar-refractivity contribution in [2.45, 2.75) is 17.0 Å². The average molecular weight is 384 g/mol. The van der Waals surface area contributed by atoms with Gasteiger partial charge < -0.3 is 19.6 Å². The Kier molecular flexibility index (Phi) is 5.97. The first kappa shape index (κ1) is 18.8. The van der Waals surface area contributed by atoms with E-state index < -0.39 is 11.9 Å². The fourth-order valence-electron chi connectivity index (χ4n) is 2.50. The van der Waals surface area contributed by atoms with Gasteiger partial charge in [0.05, 0.1) is 5.75 Å². The lowest BCUT2D eigenvalue weighted by atomic mass is 10.1. The lowest BCUT2D eigenvalue weighted by Gasteiger charge is -2.16. The van der Waals surface area contributed by atoms with E-state index in [1.165, 1.54) is 18.8 Å². The third kappa shape index (κ3) is 4.59. The van der Waals surface area contributed by atoms with Crippen LogP contribution in [0.1, 0.15) is 27.9 Å². The standard InChI is InChI=1S/C19H20N4O3S/c1-20-18(25)16(13-6-4-3-5-7-13)22-17(24)15-9-8-14(26-15)12-27-19-21-10-11-23(19)2/h3-11,16H,12H2,1-2H3,(H,20,25)(H,22,24)/t16-/m1/s1. The number of thioether (sulfide) groups is 1. The molecule has 8 heteroatoms. The Morgan fingerprint density at radius 1 is 1.22 bits per heavy atom. The number of carbonyl (C=O) groups is 2. The Morgan fingerprint density at radius 2 is 2.00 bits per heavy atom. The van der Waals surface area contributed by atoms with Gasteiger partial charge in [-0.05, 0) is 17.7 Å². The number of benzene rings is 1. The van der Waals surface area contributed by atoms with E-state index in [1.54, 1.807) is 30.5 Å². The highest BCUT2D eigenvalue weighted by Crippen LogP contribution is 2.22. The molecular formula is C19H20N4O3S. The smallest absolute Gasteiger partial charge is 0.287 e. The molecule has 1 aromatic carbocycles. The topological polar surface area (TPSA) is 89.2 Å². The molecule has 3 aromatic rings. The number of hydrogen-bond donors (Lipinski definition) is 2. The molecule has 0 aliphatic rings. The molecule has 2 N–H and O–H groups in total. The minimum Gasteiger partial charge on any atom is -0.455 e. The molecule has 0 bridgehead atoms. The van der Waals surface area contributed by atoms with E-state index in [2.05, 4.69) is 15.6 Å². The fourth-order valence-corrected chi connectivity index (χ4v) is 3.32. The predicted octanol–water partition coefficient (Wildman–Crippen LogP) is 2.52. The molecule has 0 spiro atoms. The number of amides is 2. The van der Waals surface area contributed by atoms with E-state index in [1.807, 2.05) is 36.0 Å². The molecule has 27 heavy (non-hydrogen) atoms. The van der Waals surface area contributed by atoms with E-state index in [9.17, 15) is 9.59 Å². The van der Waals surface area contributed by atoms with Crippen molar-refractivity contribution in [1.82, 2.24) is 20.2 Å². The Balaban J connectivity index is 1.67. The number of rotatable bonds is 7. The summed E-state index contributed by atoms with van der Waals surface area (Å²) < 4.78 is 7.54. The van der Waals surface area contributed by atoms with Crippen molar-refractivity contribution in [1.29, 1.82) is 0 Å². The van der Waals surface area contributed by atoms with Gasteiger partial charge in [0.1, 0.15) is 11.8 Å². The number of imidazole rings is 1. The van der Waals surface area contributed by atoms with Crippen molar-refractivity contribution in [3.63, 3.8) is 0 Å². The molecule has 7 nitrogen and oxygen atoms in total. The van der Waals surface area contributed by atoms with Gasteiger partial charge in [0, 0.05) is 26.5 Å². The molecule has 0 saturated heterocycles. The summed E-state index contributed by atoms with van der Waals surface area (Å²) in [6.45, 7) is 0. The number of hydrogen-bond acceptors (Lipinski definition) is 5. The SMILES string of the molecule is CNC(=O)[C@H](NC(=O)c1ccc(CSc2nccn2C)o1)c1ccccc1. The maximum Gasteiger partial charge on any atom is 0.287 e. The number of likely N-dealkylation sites (N-methyl/N-ethyl adjacent to an activating group) is 1. The zero-order chi connectivity index (χ0) is 19.2. The second-order valence-electron chi connectivity index (χ2n) is 5.81. The summed E-state index contributed by atoms with van der Waals surface area (Å²) in [4.78, 5) is 29.0. The zero-order valence-corrected chi connectivity index (χ0v) is 15.8. The quantitative estimate of drug-likeness (QED) is 0.611. The normalized spacial score (nSPS) is 11.8. The van der Waals surface area contributed by atoms with E-state index in [0.717, 1.165) is 5.16 Å². The number of aromatic nitrogens is 2. The summed E-state index contributed by atoms with van der Waals surface area (Å²) in [7, 11) is 3.45. The highest BCUT2D eigenvalue weighted by Gasteiger charge is 2.23. The maximum absolute atomic E-state index is 12.5. The number of furan rings is 1.